The molecule has 0 aliphatic carbocycles. The summed E-state index contributed by atoms with van der Waals surface area (Å²) in [6.07, 6.45) is 1.00. The van der Waals surface area contributed by atoms with E-state index < -0.39 is 0 Å². The van der Waals surface area contributed by atoms with Crippen molar-refractivity contribution in [2.24, 2.45) is 0 Å². The average Bonchev–Trinajstić information content (AvgIpc) is 2.92. The molecule has 4 rings (SSSR count). The lowest BCUT2D eigenvalue weighted by atomic mass is 9.93. The topological polar surface area (TPSA) is 37.0 Å². The van der Waals surface area contributed by atoms with Gasteiger partial charge in [-0.3, -0.25) is 0 Å². The predicted molar refractivity (Wildman–Crippen MR) is 102 cm³/mol. The molecule has 2 N–H and O–H groups in total. The van der Waals surface area contributed by atoms with Crippen molar-refractivity contribution in [2.75, 3.05) is 13.7 Å². The number of fused-ring (bicyclic) bond motifs is 3. The molecule has 0 radical (unpaired) electrons. The summed E-state index contributed by atoms with van der Waals surface area (Å²) in [6, 6.07) is 10.5. The quantitative estimate of drug-likeness (QED) is 0.620. The highest BCUT2D eigenvalue weighted by Crippen LogP contribution is 2.40. The Labute approximate surface area is 154 Å². The highest BCUT2D eigenvalue weighted by molar-refractivity contribution is 9.10. The Morgan fingerprint density at radius 2 is 2.08 bits per heavy atom. The first-order valence-corrected chi connectivity index (χ1v) is 9.13. The Hall–Kier alpha value is -1.49. The summed E-state index contributed by atoms with van der Waals surface area (Å²) in [5.74, 6) is 0.743. The van der Waals surface area contributed by atoms with Crippen molar-refractivity contribution in [1.82, 2.24) is 10.3 Å². The third-order valence-corrected chi connectivity index (χ3v) is 5.42. The maximum Gasteiger partial charge on any atom is 0.142 e. The summed E-state index contributed by atoms with van der Waals surface area (Å²) in [5.41, 5.74) is 5.94. The Kier molecular flexibility index (Phi) is 4.07. The van der Waals surface area contributed by atoms with Crippen LogP contribution in [0.3, 0.4) is 0 Å². The van der Waals surface area contributed by atoms with Gasteiger partial charge in [0.05, 0.1) is 18.2 Å². The molecule has 24 heavy (non-hydrogen) atoms. The van der Waals surface area contributed by atoms with Crippen molar-refractivity contribution in [1.29, 1.82) is 0 Å². The van der Waals surface area contributed by atoms with Crippen LogP contribution in [0.15, 0.2) is 34.8 Å². The van der Waals surface area contributed by atoms with E-state index in [-0.39, 0.29) is 6.04 Å². The number of aryl methyl sites for hydroxylation is 1. The fraction of sp³-hybridized carbons (Fsp3) is 0.263. The van der Waals surface area contributed by atoms with Gasteiger partial charge in [0.2, 0.25) is 0 Å². The number of nitrogens with one attached hydrogen (secondary N) is 2. The van der Waals surface area contributed by atoms with Crippen LogP contribution < -0.4 is 10.1 Å². The molecule has 1 unspecified atom stereocenters. The van der Waals surface area contributed by atoms with Crippen LogP contribution >= 0.6 is 27.5 Å². The van der Waals surface area contributed by atoms with Gasteiger partial charge in [0.25, 0.3) is 0 Å². The molecule has 3 nitrogen and oxygen atoms in total. The number of halogens is 2. The molecular formula is C19H18BrClN2O. The number of ether oxygens (including phenoxy) is 1. The fourth-order valence-electron chi connectivity index (χ4n) is 3.65. The SMILES string of the molecule is COc1c(Cl)cc(C)cc1C1NCCc2c1[nH]c1ccc(Br)cc21. The van der Waals surface area contributed by atoms with E-state index in [0.717, 1.165) is 39.8 Å². The molecule has 3 aromatic rings. The summed E-state index contributed by atoms with van der Waals surface area (Å²) in [7, 11) is 1.67. The second-order valence-electron chi connectivity index (χ2n) is 6.21. The van der Waals surface area contributed by atoms with Gasteiger partial charge in [0.1, 0.15) is 5.75 Å². The van der Waals surface area contributed by atoms with E-state index in [4.69, 9.17) is 16.3 Å². The van der Waals surface area contributed by atoms with E-state index in [9.17, 15) is 0 Å². The van der Waals surface area contributed by atoms with Crippen LogP contribution in [0.4, 0.5) is 0 Å². The zero-order valence-electron chi connectivity index (χ0n) is 13.5. The van der Waals surface area contributed by atoms with Gasteiger partial charge >= 0.3 is 0 Å². The van der Waals surface area contributed by atoms with E-state index in [1.165, 1.54) is 16.6 Å². The zero-order valence-corrected chi connectivity index (χ0v) is 15.9. The predicted octanol–water partition coefficient (Wildman–Crippen LogP) is 5.14. The molecule has 0 saturated carbocycles. The van der Waals surface area contributed by atoms with Gasteiger partial charge in [-0.2, -0.15) is 0 Å². The van der Waals surface area contributed by atoms with Crippen molar-refractivity contribution in [3.63, 3.8) is 0 Å². The number of aromatic nitrogens is 1. The molecule has 0 amide bonds. The van der Waals surface area contributed by atoms with Crippen LogP contribution in [0.5, 0.6) is 5.75 Å². The molecule has 0 spiro atoms. The third kappa shape index (κ3) is 2.53. The van der Waals surface area contributed by atoms with Gasteiger partial charge in [-0.1, -0.05) is 33.6 Å². The first-order valence-electron chi connectivity index (χ1n) is 7.96. The van der Waals surface area contributed by atoms with Gasteiger partial charge in [-0.15, -0.1) is 0 Å². The van der Waals surface area contributed by atoms with Crippen LogP contribution in [0.25, 0.3) is 10.9 Å². The molecule has 0 fully saturated rings. The minimum absolute atomic E-state index is 0.0484. The number of rotatable bonds is 2. The van der Waals surface area contributed by atoms with Crippen LogP contribution in [0, 0.1) is 6.92 Å². The monoisotopic (exact) mass is 404 g/mol. The number of H-pyrrole nitrogens is 1. The molecule has 124 valence electrons. The summed E-state index contributed by atoms with van der Waals surface area (Å²) in [5, 5.41) is 5.55. The molecule has 2 heterocycles. The standard InChI is InChI=1S/C19H18BrClN2O/c1-10-7-14(19(24-2)15(21)8-10)17-18-12(5-6-22-17)13-9-11(20)3-4-16(13)23-18/h3-4,7-9,17,22-23H,5-6H2,1-2H3. The second kappa shape index (κ2) is 6.10. The molecule has 0 saturated heterocycles. The molecule has 1 aliphatic heterocycles. The second-order valence-corrected chi connectivity index (χ2v) is 7.54. The number of hydrogen-bond acceptors (Lipinski definition) is 2. The van der Waals surface area contributed by atoms with E-state index in [1.54, 1.807) is 7.11 Å². The lowest BCUT2D eigenvalue weighted by molar-refractivity contribution is 0.402. The molecule has 2 aromatic carbocycles. The highest BCUT2D eigenvalue weighted by atomic mass is 79.9. The Morgan fingerprint density at radius 1 is 1.25 bits per heavy atom. The van der Waals surface area contributed by atoms with E-state index in [1.807, 2.05) is 6.07 Å². The fourth-order valence-corrected chi connectivity index (χ4v) is 4.37. The van der Waals surface area contributed by atoms with Crippen molar-refractivity contribution >= 4 is 38.4 Å². The number of benzene rings is 2. The molecule has 1 aliphatic rings. The van der Waals surface area contributed by atoms with E-state index in [2.05, 4.69) is 57.4 Å². The van der Waals surface area contributed by atoms with Crippen LogP contribution in [-0.2, 0) is 6.42 Å². The summed E-state index contributed by atoms with van der Waals surface area (Å²) in [4.78, 5) is 3.60. The van der Waals surface area contributed by atoms with Crippen molar-refractivity contribution in [2.45, 2.75) is 19.4 Å². The van der Waals surface area contributed by atoms with Crippen molar-refractivity contribution < 1.29 is 4.74 Å². The lowest BCUT2D eigenvalue weighted by Crippen LogP contribution is -2.30. The van der Waals surface area contributed by atoms with Crippen LogP contribution in [-0.4, -0.2) is 18.6 Å². The van der Waals surface area contributed by atoms with Crippen LogP contribution in [0.2, 0.25) is 5.02 Å². The smallest absolute Gasteiger partial charge is 0.142 e. The van der Waals surface area contributed by atoms with Crippen molar-refractivity contribution in [3.05, 3.63) is 62.2 Å². The molecule has 0 bridgehead atoms. The first-order chi connectivity index (χ1) is 11.6. The van der Waals surface area contributed by atoms with E-state index >= 15 is 0 Å². The summed E-state index contributed by atoms with van der Waals surface area (Å²) >= 11 is 9.99. The summed E-state index contributed by atoms with van der Waals surface area (Å²) < 4.78 is 6.70. The largest absolute Gasteiger partial charge is 0.495 e. The van der Waals surface area contributed by atoms with E-state index in [0.29, 0.717) is 5.02 Å². The van der Waals surface area contributed by atoms with Crippen molar-refractivity contribution in [3.8, 4) is 5.75 Å². The summed E-state index contributed by atoms with van der Waals surface area (Å²) in [6.45, 7) is 2.98. The molecule has 5 heteroatoms. The number of aromatic amines is 1. The molecule has 1 atom stereocenters. The highest BCUT2D eigenvalue weighted by Gasteiger charge is 2.28. The molecular weight excluding hydrogens is 388 g/mol. The Bertz CT molecular complexity index is 935. The number of hydrogen-bond donors (Lipinski definition) is 2. The third-order valence-electron chi connectivity index (χ3n) is 4.65. The zero-order chi connectivity index (χ0) is 16.8. The van der Waals surface area contributed by atoms with Gasteiger partial charge in [-0.05, 0) is 48.7 Å². The lowest BCUT2D eigenvalue weighted by Gasteiger charge is -2.27. The minimum Gasteiger partial charge on any atom is -0.495 e. The Balaban J connectivity index is 1.93. The maximum absolute atomic E-state index is 6.41. The average molecular weight is 406 g/mol. The normalized spacial score (nSPS) is 17.1. The Morgan fingerprint density at radius 3 is 2.88 bits per heavy atom. The van der Waals surface area contributed by atoms with Gasteiger partial charge in [0.15, 0.2) is 0 Å². The number of methoxy groups -OCH3 is 1. The minimum atomic E-state index is 0.0484. The van der Waals surface area contributed by atoms with Gasteiger partial charge in [-0.25, -0.2) is 0 Å². The molecule has 1 aromatic heterocycles. The first kappa shape index (κ1) is 16.0. The van der Waals surface area contributed by atoms with Gasteiger partial charge < -0.3 is 15.0 Å². The maximum atomic E-state index is 6.41. The van der Waals surface area contributed by atoms with Gasteiger partial charge in [0, 0.05) is 33.2 Å². The van der Waals surface area contributed by atoms with Crippen LogP contribution in [0.1, 0.15) is 28.4 Å².